The van der Waals surface area contributed by atoms with E-state index >= 15 is 0 Å². The fourth-order valence-corrected chi connectivity index (χ4v) is 4.98. The summed E-state index contributed by atoms with van der Waals surface area (Å²) in [6.07, 6.45) is 1.73. The summed E-state index contributed by atoms with van der Waals surface area (Å²) in [5, 5.41) is 8.23. The number of halogens is 2. The van der Waals surface area contributed by atoms with Crippen LogP contribution >= 0.6 is 23.4 Å². The molecule has 2 aromatic carbocycles. The highest BCUT2D eigenvalue weighted by Crippen LogP contribution is 2.28. The molecule has 9 heteroatoms. The predicted octanol–water partition coefficient (Wildman–Crippen LogP) is 6.03. The summed E-state index contributed by atoms with van der Waals surface area (Å²) in [4.78, 5) is 15.8. The van der Waals surface area contributed by atoms with E-state index in [1.54, 1.807) is 18.3 Å². The number of thioether (sulfide) groups is 1. The van der Waals surface area contributed by atoms with Gasteiger partial charge in [-0.1, -0.05) is 11.6 Å². The highest BCUT2D eigenvalue weighted by Gasteiger charge is 2.15. The van der Waals surface area contributed by atoms with Crippen LogP contribution in [0.5, 0.6) is 0 Å². The molecule has 1 saturated heterocycles. The van der Waals surface area contributed by atoms with Gasteiger partial charge in [0.25, 0.3) is 0 Å². The molecule has 34 heavy (non-hydrogen) atoms. The summed E-state index contributed by atoms with van der Waals surface area (Å²) >= 11 is 8.04. The summed E-state index contributed by atoms with van der Waals surface area (Å²) in [7, 11) is 0. The summed E-state index contributed by atoms with van der Waals surface area (Å²) in [5.74, 6) is 3.29. The van der Waals surface area contributed by atoms with E-state index in [-0.39, 0.29) is 5.82 Å². The van der Waals surface area contributed by atoms with Gasteiger partial charge in [-0.25, -0.2) is 9.37 Å². The Bertz CT molecular complexity index is 1330. The molecule has 6 nitrogen and oxygen atoms in total. The highest BCUT2D eigenvalue weighted by molar-refractivity contribution is 7.99. The largest absolute Gasteiger partial charge is 0.366 e. The third-order valence-electron chi connectivity index (χ3n) is 5.63. The lowest BCUT2D eigenvalue weighted by Crippen LogP contribution is -2.34. The zero-order chi connectivity index (χ0) is 23.5. The minimum absolute atomic E-state index is 0.275. The summed E-state index contributed by atoms with van der Waals surface area (Å²) in [6.45, 7) is 4.13. The van der Waals surface area contributed by atoms with Crippen molar-refractivity contribution < 1.29 is 4.39 Å². The zero-order valence-corrected chi connectivity index (χ0v) is 20.3. The van der Waals surface area contributed by atoms with Crippen LogP contribution in [0.15, 0.2) is 54.7 Å². The zero-order valence-electron chi connectivity index (χ0n) is 18.7. The Morgan fingerprint density at radius 3 is 2.76 bits per heavy atom. The average Bonchev–Trinajstić information content (AvgIpc) is 2.84. The first-order valence-corrected chi connectivity index (χ1v) is 12.6. The molecule has 5 rings (SSSR count). The van der Waals surface area contributed by atoms with Crippen LogP contribution in [0.25, 0.3) is 10.9 Å². The molecule has 0 saturated carbocycles. The molecule has 1 fully saturated rings. The monoisotopic (exact) mass is 494 g/mol. The Morgan fingerprint density at radius 2 is 1.91 bits per heavy atom. The highest BCUT2D eigenvalue weighted by atomic mass is 35.5. The predicted molar refractivity (Wildman–Crippen MR) is 140 cm³/mol. The van der Waals surface area contributed by atoms with Crippen LogP contribution in [0.1, 0.15) is 11.3 Å². The standard InChI is InChI=1S/C25H24ClFN6S/c1-16-12-24(32-25(30-16)33-8-10-34-11-9-33)29-15-17-13-19(3-5-21(17)27)31-22-6-7-28-23-14-18(26)2-4-20(22)23/h2-7,12-14H,8-11,15H2,1H3,(H,28,31)(H,29,30,32). The molecule has 4 aromatic rings. The number of fused-ring (bicyclic) bond motifs is 1. The molecule has 0 amide bonds. The van der Waals surface area contributed by atoms with Crippen molar-refractivity contribution in [3.63, 3.8) is 0 Å². The Kier molecular flexibility index (Phi) is 6.69. The average molecular weight is 495 g/mol. The molecular weight excluding hydrogens is 471 g/mol. The van der Waals surface area contributed by atoms with E-state index in [9.17, 15) is 4.39 Å². The van der Waals surface area contributed by atoms with Crippen molar-refractivity contribution in [1.82, 2.24) is 15.0 Å². The van der Waals surface area contributed by atoms with Gasteiger partial charge in [0.05, 0.1) is 5.52 Å². The van der Waals surface area contributed by atoms with Gasteiger partial charge in [-0.15, -0.1) is 0 Å². The number of aryl methyl sites for hydroxylation is 1. The number of hydrogen-bond acceptors (Lipinski definition) is 7. The van der Waals surface area contributed by atoms with Crippen LogP contribution in [-0.4, -0.2) is 39.5 Å². The first-order chi connectivity index (χ1) is 16.5. The summed E-state index contributed by atoms with van der Waals surface area (Å²) in [5.41, 5.74) is 3.88. The molecule has 0 spiro atoms. The Hall–Kier alpha value is -3.10. The molecule has 2 N–H and O–H groups in total. The van der Waals surface area contributed by atoms with Gasteiger partial charge in [0.2, 0.25) is 5.95 Å². The van der Waals surface area contributed by atoms with Crippen molar-refractivity contribution in [2.45, 2.75) is 13.5 Å². The van der Waals surface area contributed by atoms with Gasteiger partial charge in [0, 0.05) is 76.4 Å². The molecule has 0 aliphatic carbocycles. The molecule has 2 aromatic heterocycles. The van der Waals surface area contributed by atoms with Gasteiger partial charge < -0.3 is 15.5 Å². The minimum Gasteiger partial charge on any atom is -0.366 e. The number of anilines is 4. The quantitative estimate of drug-likeness (QED) is 0.339. The van der Waals surface area contributed by atoms with E-state index in [4.69, 9.17) is 11.6 Å². The Labute approximate surface area is 207 Å². The fraction of sp³-hybridized carbons (Fsp3) is 0.240. The van der Waals surface area contributed by atoms with Gasteiger partial charge >= 0.3 is 0 Å². The van der Waals surface area contributed by atoms with Crippen LogP contribution in [0.3, 0.4) is 0 Å². The SMILES string of the molecule is Cc1cc(NCc2cc(Nc3ccnc4cc(Cl)ccc34)ccc2F)nc(N2CCSCC2)n1. The number of nitrogens with zero attached hydrogens (tertiary/aromatic N) is 4. The van der Waals surface area contributed by atoms with E-state index in [0.717, 1.165) is 58.5 Å². The topological polar surface area (TPSA) is 66.0 Å². The molecule has 174 valence electrons. The first kappa shape index (κ1) is 22.7. The third kappa shape index (κ3) is 5.18. The van der Waals surface area contributed by atoms with Crippen LogP contribution in [0, 0.1) is 12.7 Å². The fourth-order valence-electron chi connectivity index (χ4n) is 3.91. The molecule has 0 unspecified atom stereocenters. The molecule has 1 aliphatic rings. The Balaban J connectivity index is 1.34. The van der Waals surface area contributed by atoms with E-state index in [1.807, 2.05) is 49.0 Å². The van der Waals surface area contributed by atoms with Crippen LogP contribution < -0.4 is 15.5 Å². The number of pyridine rings is 1. The molecule has 0 atom stereocenters. The van der Waals surface area contributed by atoms with Gasteiger partial charge in [0.15, 0.2) is 0 Å². The molecule has 0 bridgehead atoms. The third-order valence-corrected chi connectivity index (χ3v) is 6.80. The van der Waals surface area contributed by atoms with Crippen molar-refractivity contribution in [3.05, 3.63) is 76.8 Å². The maximum Gasteiger partial charge on any atom is 0.227 e. The first-order valence-electron chi connectivity index (χ1n) is 11.1. The normalized spacial score (nSPS) is 13.8. The number of nitrogens with one attached hydrogen (secondary N) is 2. The van der Waals surface area contributed by atoms with Crippen molar-refractivity contribution in [3.8, 4) is 0 Å². The second-order valence-corrected chi connectivity index (χ2v) is 9.76. The maximum absolute atomic E-state index is 14.6. The van der Waals surface area contributed by atoms with E-state index < -0.39 is 0 Å². The maximum atomic E-state index is 14.6. The minimum atomic E-state index is -0.275. The molecule has 1 aliphatic heterocycles. The number of rotatable bonds is 6. The van der Waals surface area contributed by atoms with E-state index in [2.05, 4.69) is 30.5 Å². The Morgan fingerprint density at radius 1 is 1.06 bits per heavy atom. The van der Waals surface area contributed by atoms with Crippen molar-refractivity contribution in [1.29, 1.82) is 0 Å². The van der Waals surface area contributed by atoms with E-state index in [1.165, 1.54) is 6.07 Å². The van der Waals surface area contributed by atoms with E-state index in [0.29, 0.717) is 22.9 Å². The summed E-state index contributed by atoms with van der Waals surface area (Å²) in [6, 6.07) is 14.4. The van der Waals surface area contributed by atoms with Gasteiger partial charge in [0.1, 0.15) is 11.6 Å². The lowest BCUT2D eigenvalue weighted by molar-refractivity contribution is 0.613. The second kappa shape index (κ2) is 10.0. The molecule has 3 heterocycles. The van der Waals surface area contributed by atoms with Gasteiger partial charge in [-0.2, -0.15) is 16.7 Å². The molecular formula is C25H24ClFN6S. The summed E-state index contributed by atoms with van der Waals surface area (Å²) < 4.78 is 14.6. The van der Waals surface area contributed by atoms with Crippen LogP contribution in [-0.2, 0) is 6.54 Å². The number of hydrogen-bond donors (Lipinski definition) is 2. The smallest absolute Gasteiger partial charge is 0.227 e. The number of aromatic nitrogens is 3. The van der Waals surface area contributed by atoms with Gasteiger partial charge in [-0.05, 0) is 49.4 Å². The van der Waals surface area contributed by atoms with Crippen molar-refractivity contribution >= 4 is 57.4 Å². The van der Waals surface area contributed by atoms with Crippen molar-refractivity contribution in [2.75, 3.05) is 40.1 Å². The molecule has 0 radical (unpaired) electrons. The van der Waals surface area contributed by atoms with Gasteiger partial charge in [-0.3, -0.25) is 4.98 Å². The lowest BCUT2D eigenvalue weighted by Gasteiger charge is -2.26. The van der Waals surface area contributed by atoms with Crippen LogP contribution in [0.4, 0.5) is 27.5 Å². The van der Waals surface area contributed by atoms with Crippen LogP contribution in [0.2, 0.25) is 5.02 Å². The van der Waals surface area contributed by atoms with Crippen molar-refractivity contribution in [2.24, 2.45) is 0 Å². The lowest BCUT2D eigenvalue weighted by atomic mass is 10.1. The number of benzene rings is 2. The second-order valence-electron chi connectivity index (χ2n) is 8.10.